The van der Waals surface area contributed by atoms with Crippen LogP contribution in [0.2, 0.25) is 10.0 Å². The van der Waals surface area contributed by atoms with Crippen LogP contribution in [0.3, 0.4) is 0 Å². The number of para-hydroxylation sites is 1. The van der Waals surface area contributed by atoms with Gasteiger partial charge in [-0.3, -0.25) is 9.59 Å². The summed E-state index contributed by atoms with van der Waals surface area (Å²) in [6.45, 7) is -0.617. The number of aromatic nitrogens is 1. The van der Waals surface area contributed by atoms with Crippen molar-refractivity contribution >= 4 is 52.1 Å². The zero-order chi connectivity index (χ0) is 23.1. The SMILES string of the molecule is N#CCCN(C(=O)COC(=O)Cc1csc(-c2c(Cl)cccc2Cl)n1)c1ccccc1F. The minimum absolute atomic E-state index is 0.000225. The van der Waals surface area contributed by atoms with Crippen molar-refractivity contribution in [2.45, 2.75) is 12.8 Å². The lowest BCUT2D eigenvalue weighted by molar-refractivity contribution is -0.147. The van der Waals surface area contributed by atoms with Crippen molar-refractivity contribution in [2.24, 2.45) is 0 Å². The molecule has 32 heavy (non-hydrogen) atoms. The van der Waals surface area contributed by atoms with Gasteiger partial charge in [0.15, 0.2) is 6.61 Å². The Morgan fingerprint density at radius 3 is 2.56 bits per heavy atom. The van der Waals surface area contributed by atoms with Crippen molar-refractivity contribution in [3.05, 3.63) is 69.4 Å². The van der Waals surface area contributed by atoms with Crippen molar-refractivity contribution in [1.82, 2.24) is 4.98 Å². The van der Waals surface area contributed by atoms with Gasteiger partial charge in [0.2, 0.25) is 0 Å². The summed E-state index contributed by atoms with van der Waals surface area (Å²) in [5.41, 5.74) is 1.03. The highest BCUT2D eigenvalue weighted by atomic mass is 35.5. The summed E-state index contributed by atoms with van der Waals surface area (Å²) in [7, 11) is 0. The fourth-order valence-corrected chi connectivity index (χ4v) is 4.42. The third kappa shape index (κ3) is 5.82. The maximum absolute atomic E-state index is 14.1. The van der Waals surface area contributed by atoms with Crippen LogP contribution in [0.4, 0.5) is 10.1 Å². The molecule has 6 nitrogen and oxygen atoms in total. The van der Waals surface area contributed by atoms with Crippen LogP contribution in [0.25, 0.3) is 10.6 Å². The van der Waals surface area contributed by atoms with E-state index in [9.17, 15) is 14.0 Å². The molecule has 0 unspecified atom stereocenters. The van der Waals surface area contributed by atoms with Crippen LogP contribution >= 0.6 is 34.5 Å². The predicted octanol–water partition coefficient (Wildman–Crippen LogP) is 5.29. The van der Waals surface area contributed by atoms with E-state index in [4.69, 9.17) is 33.2 Å². The lowest BCUT2D eigenvalue weighted by Gasteiger charge is -2.22. The molecule has 1 aromatic heterocycles. The number of carbonyl (C=O) groups excluding carboxylic acids is 2. The number of carbonyl (C=O) groups is 2. The van der Waals surface area contributed by atoms with Crippen molar-refractivity contribution in [2.75, 3.05) is 18.1 Å². The number of anilines is 1. The minimum Gasteiger partial charge on any atom is -0.455 e. The van der Waals surface area contributed by atoms with Crippen LogP contribution in [0.15, 0.2) is 47.8 Å². The van der Waals surface area contributed by atoms with E-state index in [1.54, 1.807) is 29.6 Å². The first-order valence-electron chi connectivity index (χ1n) is 9.37. The van der Waals surface area contributed by atoms with Gasteiger partial charge in [0.25, 0.3) is 5.91 Å². The highest BCUT2D eigenvalue weighted by molar-refractivity contribution is 7.13. The highest BCUT2D eigenvalue weighted by Crippen LogP contribution is 2.36. The highest BCUT2D eigenvalue weighted by Gasteiger charge is 2.21. The summed E-state index contributed by atoms with van der Waals surface area (Å²) in [6, 6.07) is 12.7. The van der Waals surface area contributed by atoms with Crippen LogP contribution in [0.5, 0.6) is 0 Å². The molecular weight excluding hydrogens is 476 g/mol. The lowest BCUT2D eigenvalue weighted by Crippen LogP contribution is -2.36. The molecule has 0 saturated heterocycles. The van der Waals surface area contributed by atoms with E-state index in [0.717, 1.165) is 4.90 Å². The molecule has 0 N–H and O–H groups in total. The third-order valence-corrected chi connectivity index (χ3v) is 5.84. The Kier molecular flexibility index (Phi) is 8.17. The fourth-order valence-electron chi connectivity index (χ4n) is 2.84. The van der Waals surface area contributed by atoms with E-state index in [-0.39, 0.29) is 25.1 Å². The molecular formula is C22H16Cl2FN3O3S. The van der Waals surface area contributed by atoms with E-state index in [2.05, 4.69) is 4.98 Å². The summed E-state index contributed by atoms with van der Waals surface area (Å²) in [5, 5.41) is 11.9. The number of nitrogens with zero attached hydrogens (tertiary/aromatic N) is 3. The summed E-state index contributed by atoms with van der Waals surface area (Å²) in [4.78, 5) is 30.2. The van der Waals surface area contributed by atoms with Gasteiger partial charge in [-0.05, 0) is 24.3 Å². The molecule has 164 valence electrons. The van der Waals surface area contributed by atoms with Crippen LogP contribution in [-0.4, -0.2) is 30.0 Å². The van der Waals surface area contributed by atoms with Gasteiger partial charge in [0.05, 0.1) is 40.3 Å². The number of rotatable bonds is 8. The molecule has 1 amide bonds. The number of esters is 1. The molecule has 0 atom stereocenters. The topological polar surface area (TPSA) is 83.3 Å². The quantitative estimate of drug-likeness (QED) is 0.399. The third-order valence-electron chi connectivity index (χ3n) is 4.30. The van der Waals surface area contributed by atoms with Gasteiger partial charge < -0.3 is 9.64 Å². The van der Waals surface area contributed by atoms with Crippen LogP contribution in [-0.2, 0) is 20.7 Å². The number of benzene rings is 2. The van der Waals surface area contributed by atoms with E-state index in [1.807, 2.05) is 6.07 Å². The number of halogens is 3. The van der Waals surface area contributed by atoms with Crippen LogP contribution in [0.1, 0.15) is 12.1 Å². The molecule has 3 rings (SSSR count). The zero-order valence-corrected chi connectivity index (χ0v) is 18.9. The molecule has 0 saturated carbocycles. The summed E-state index contributed by atoms with van der Waals surface area (Å²) in [5.74, 6) is -1.92. The Hall–Kier alpha value is -2.99. The standard InChI is InChI=1S/C22H16Cl2FN3O3S/c23-15-5-3-6-16(24)21(15)22-27-14(13-32-22)11-20(30)31-12-19(29)28(10-4-9-26)18-8-2-1-7-17(18)25/h1-3,5-8,13H,4,10-12H2. The van der Waals surface area contributed by atoms with Crippen molar-refractivity contribution in [1.29, 1.82) is 5.26 Å². The first-order chi connectivity index (χ1) is 15.4. The Labute approximate surface area is 197 Å². The smallest absolute Gasteiger partial charge is 0.312 e. The summed E-state index contributed by atoms with van der Waals surface area (Å²) in [6.07, 6.45) is -0.163. The molecule has 0 spiro atoms. The average molecular weight is 492 g/mol. The maximum atomic E-state index is 14.1. The second-order valence-electron chi connectivity index (χ2n) is 6.48. The largest absolute Gasteiger partial charge is 0.455 e. The van der Waals surface area contributed by atoms with E-state index < -0.39 is 24.3 Å². The van der Waals surface area contributed by atoms with Crippen molar-refractivity contribution in [3.63, 3.8) is 0 Å². The lowest BCUT2D eigenvalue weighted by atomic mass is 10.2. The summed E-state index contributed by atoms with van der Waals surface area (Å²) >= 11 is 13.7. The first-order valence-corrected chi connectivity index (χ1v) is 11.0. The Bertz CT molecular complexity index is 1160. The molecule has 0 bridgehead atoms. The van der Waals surface area contributed by atoms with Crippen LogP contribution in [0, 0.1) is 17.1 Å². The van der Waals surface area contributed by atoms with Gasteiger partial charge in [-0.1, -0.05) is 41.4 Å². The number of nitriles is 1. The number of amides is 1. The molecule has 0 radical (unpaired) electrons. The van der Waals surface area contributed by atoms with E-state index in [0.29, 0.717) is 26.3 Å². The predicted molar refractivity (Wildman–Crippen MR) is 121 cm³/mol. The molecule has 10 heteroatoms. The van der Waals surface area contributed by atoms with Gasteiger partial charge in [-0.25, -0.2) is 9.37 Å². The maximum Gasteiger partial charge on any atom is 0.312 e. The van der Waals surface area contributed by atoms with Crippen LogP contribution < -0.4 is 4.90 Å². The van der Waals surface area contributed by atoms with Gasteiger partial charge in [-0.15, -0.1) is 11.3 Å². The van der Waals surface area contributed by atoms with E-state index >= 15 is 0 Å². The Morgan fingerprint density at radius 2 is 1.88 bits per heavy atom. The van der Waals surface area contributed by atoms with Gasteiger partial charge in [-0.2, -0.15) is 5.26 Å². The minimum atomic E-state index is -0.672. The monoisotopic (exact) mass is 491 g/mol. The second-order valence-corrected chi connectivity index (χ2v) is 8.16. The number of hydrogen-bond acceptors (Lipinski definition) is 6. The molecule has 0 aliphatic carbocycles. The Balaban J connectivity index is 1.63. The van der Waals surface area contributed by atoms with Gasteiger partial charge in [0, 0.05) is 17.5 Å². The van der Waals surface area contributed by atoms with Crippen molar-refractivity contribution < 1.29 is 18.7 Å². The number of thiazole rings is 1. The summed E-state index contributed by atoms with van der Waals surface area (Å²) < 4.78 is 19.2. The average Bonchev–Trinajstić information content (AvgIpc) is 3.21. The number of ether oxygens (including phenoxy) is 1. The Morgan fingerprint density at radius 1 is 1.16 bits per heavy atom. The first kappa shape index (κ1) is 23.7. The molecule has 0 aliphatic rings. The molecule has 1 heterocycles. The van der Waals surface area contributed by atoms with Gasteiger partial charge >= 0.3 is 5.97 Å². The zero-order valence-electron chi connectivity index (χ0n) is 16.6. The van der Waals surface area contributed by atoms with E-state index in [1.165, 1.54) is 29.5 Å². The molecule has 3 aromatic rings. The number of hydrogen-bond donors (Lipinski definition) is 0. The normalized spacial score (nSPS) is 10.4. The molecule has 0 fully saturated rings. The molecule has 0 aliphatic heterocycles. The van der Waals surface area contributed by atoms with Gasteiger partial charge in [0.1, 0.15) is 10.8 Å². The fraction of sp³-hybridized carbons (Fsp3) is 0.182. The second kappa shape index (κ2) is 11.0. The van der Waals surface area contributed by atoms with Crippen molar-refractivity contribution in [3.8, 4) is 16.6 Å². The molecule has 2 aromatic carbocycles.